The average Bonchev–Trinajstić information content (AvgIpc) is 2.54. The van der Waals surface area contributed by atoms with E-state index in [9.17, 15) is 17.6 Å². The van der Waals surface area contributed by atoms with Crippen LogP contribution in [-0.2, 0) is 0 Å². The van der Waals surface area contributed by atoms with Crippen molar-refractivity contribution >= 4 is 17.7 Å². The Labute approximate surface area is 136 Å². The number of nitriles is 1. The van der Waals surface area contributed by atoms with Crippen LogP contribution >= 0.6 is 0 Å². The topological polar surface area (TPSA) is 78.3 Å². The Morgan fingerprint density at radius 2 is 2.08 bits per heavy atom. The molecule has 0 saturated carbocycles. The molecule has 0 atom stereocenters. The summed E-state index contributed by atoms with van der Waals surface area (Å²) in [6, 6.07) is 3.39. The Balaban J connectivity index is 2.27. The molecule has 0 unspecified atom stereocenters. The highest BCUT2D eigenvalue weighted by molar-refractivity contribution is 5.85. The van der Waals surface area contributed by atoms with E-state index >= 15 is 0 Å². The monoisotopic (exact) mass is 341 g/mol. The maximum Gasteiger partial charge on any atom is 0.331 e. The van der Waals surface area contributed by atoms with E-state index < -0.39 is 12.5 Å². The third-order valence-electron chi connectivity index (χ3n) is 3.59. The smallest absolute Gasteiger partial charge is 0.331 e. The van der Waals surface area contributed by atoms with Crippen molar-refractivity contribution < 1.29 is 17.6 Å². The third kappa shape index (κ3) is 4.44. The number of hydrogen-bond acceptors (Lipinski definition) is 5. The van der Waals surface area contributed by atoms with Crippen LogP contribution in [0.5, 0.6) is 0 Å². The van der Waals surface area contributed by atoms with Gasteiger partial charge in [-0.1, -0.05) is 0 Å². The van der Waals surface area contributed by atoms with E-state index in [4.69, 9.17) is 11.0 Å². The van der Waals surface area contributed by atoms with Crippen molar-refractivity contribution in [3.05, 3.63) is 29.5 Å². The van der Waals surface area contributed by atoms with E-state index in [1.165, 1.54) is 12.3 Å². The van der Waals surface area contributed by atoms with Gasteiger partial charge in [-0.25, -0.2) is 18.8 Å². The molecular formula is C15H15F4N5. The maximum atomic E-state index is 13.2. The lowest BCUT2D eigenvalue weighted by Gasteiger charge is -2.32. The maximum absolute atomic E-state index is 13.2. The van der Waals surface area contributed by atoms with Crippen molar-refractivity contribution in [2.75, 3.05) is 18.0 Å². The normalized spacial score (nSPS) is 18.2. The summed E-state index contributed by atoms with van der Waals surface area (Å²) >= 11 is 0. The van der Waals surface area contributed by atoms with E-state index in [1.54, 1.807) is 4.90 Å². The fourth-order valence-corrected chi connectivity index (χ4v) is 2.29. The van der Waals surface area contributed by atoms with Gasteiger partial charge in [0.1, 0.15) is 11.9 Å². The molecule has 0 radical (unpaired) electrons. The predicted octanol–water partition coefficient (Wildman–Crippen LogP) is 2.78. The average molecular weight is 341 g/mol. The van der Waals surface area contributed by atoms with Gasteiger partial charge in [0, 0.05) is 49.6 Å². The summed E-state index contributed by atoms with van der Waals surface area (Å²) in [6.07, 6.45) is 2.72. The van der Waals surface area contributed by atoms with Crippen LogP contribution in [0.1, 0.15) is 24.0 Å². The molecule has 0 aromatic carbocycles. The molecule has 1 fully saturated rings. The number of aliphatic imine (C=N–C) groups is 1. The number of aromatic nitrogens is 1. The molecule has 9 heteroatoms. The minimum Gasteiger partial charge on any atom is -0.398 e. The molecule has 1 saturated heterocycles. The van der Waals surface area contributed by atoms with Gasteiger partial charge in [0.2, 0.25) is 0 Å². The van der Waals surface area contributed by atoms with Crippen LogP contribution < -0.4 is 10.6 Å². The Bertz CT molecular complexity index is 684. The number of alkyl halides is 4. The quantitative estimate of drug-likeness (QED) is 0.519. The summed E-state index contributed by atoms with van der Waals surface area (Å²) in [6.45, 7) is -2.60. The first kappa shape index (κ1) is 17.7. The van der Waals surface area contributed by atoms with E-state index in [-0.39, 0.29) is 37.2 Å². The first-order valence-corrected chi connectivity index (χ1v) is 7.13. The van der Waals surface area contributed by atoms with Crippen LogP contribution in [0.25, 0.3) is 5.70 Å². The fourth-order valence-electron chi connectivity index (χ4n) is 2.29. The van der Waals surface area contributed by atoms with Crippen molar-refractivity contribution in [1.29, 1.82) is 5.26 Å². The molecule has 0 bridgehead atoms. The zero-order valence-electron chi connectivity index (χ0n) is 12.6. The summed E-state index contributed by atoms with van der Waals surface area (Å²) < 4.78 is 50.5. The molecule has 0 spiro atoms. The van der Waals surface area contributed by atoms with Gasteiger partial charge in [0.25, 0.3) is 5.92 Å². The highest BCUT2D eigenvalue weighted by Crippen LogP contribution is 2.30. The highest BCUT2D eigenvalue weighted by atomic mass is 19.3. The van der Waals surface area contributed by atoms with Gasteiger partial charge in [0.05, 0.1) is 5.56 Å². The summed E-state index contributed by atoms with van der Waals surface area (Å²) in [5.41, 5.74) is 6.31. The Hall–Kier alpha value is -2.63. The van der Waals surface area contributed by atoms with Gasteiger partial charge in [-0.2, -0.15) is 14.0 Å². The number of pyridine rings is 1. The standard InChI is InChI=1S/C15H15F4N5/c16-14(17)22-4-1-12(21)11-7-13(23-9-10(11)8-20)24-5-2-15(18,19)3-6-24/h1,4,7,9,14H,2-3,5-6,21H2/b12-1-,22-4+. The van der Waals surface area contributed by atoms with Crippen LogP contribution in [0.15, 0.2) is 23.3 Å². The Morgan fingerprint density at radius 1 is 1.42 bits per heavy atom. The number of nitrogens with zero attached hydrogens (tertiary/aromatic N) is 4. The molecule has 2 heterocycles. The summed E-state index contributed by atoms with van der Waals surface area (Å²) in [5.74, 6) is -2.28. The number of piperidine rings is 1. The van der Waals surface area contributed by atoms with Gasteiger partial charge in [-0.05, 0) is 12.1 Å². The molecular weight excluding hydrogens is 326 g/mol. The molecule has 128 valence electrons. The lowest BCUT2D eigenvalue weighted by Crippen LogP contribution is -2.39. The van der Waals surface area contributed by atoms with E-state index in [0.29, 0.717) is 11.4 Å². The molecule has 24 heavy (non-hydrogen) atoms. The van der Waals surface area contributed by atoms with Gasteiger partial charge >= 0.3 is 6.55 Å². The fraction of sp³-hybridized carbons (Fsp3) is 0.400. The second-order valence-electron chi connectivity index (χ2n) is 5.24. The second-order valence-corrected chi connectivity index (χ2v) is 5.24. The van der Waals surface area contributed by atoms with Crippen LogP contribution in [0.4, 0.5) is 23.4 Å². The number of rotatable bonds is 4. The first-order valence-electron chi connectivity index (χ1n) is 7.13. The van der Waals surface area contributed by atoms with Crippen LogP contribution in [-0.4, -0.2) is 36.8 Å². The molecule has 1 aromatic rings. The van der Waals surface area contributed by atoms with Gasteiger partial charge in [-0.3, -0.25) is 0 Å². The first-order chi connectivity index (χ1) is 11.3. The summed E-state index contributed by atoms with van der Waals surface area (Å²) in [5, 5.41) is 9.11. The van der Waals surface area contributed by atoms with E-state index in [2.05, 4.69) is 9.98 Å². The molecule has 0 aliphatic carbocycles. The van der Waals surface area contributed by atoms with Gasteiger partial charge in [-0.15, -0.1) is 0 Å². The third-order valence-corrected chi connectivity index (χ3v) is 3.59. The Morgan fingerprint density at radius 3 is 2.67 bits per heavy atom. The SMILES string of the molecule is N#Cc1cnc(N2CCC(F)(F)CC2)cc1/C(N)=C/C=N/C(F)F. The number of hydrogen-bond donors (Lipinski definition) is 1. The van der Waals surface area contributed by atoms with Crippen LogP contribution in [0.3, 0.4) is 0 Å². The number of halogens is 4. The molecule has 1 aromatic heterocycles. The van der Waals surface area contributed by atoms with Crippen LogP contribution in [0, 0.1) is 11.3 Å². The summed E-state index contributed by atoms with van der Waals surface area (Å²) in [7, 11) is 0. The zero-order chi connectivity index (χ0) is 17.7. The zero-order valence-corrected chi connectivity index (χ0v) is 12.6. The largest absolute Gasteiger partial charge is 0.398 e. The molecule has 2 rings (SSSR count). The number of nitrogens with two attached hydrogens (primary N) is 1. The van der Waals surface area contributed by atoms with Crippen molar-refractivity contribution in [3.63, 3.8) is 0 Å². The van der Waals surface area contributed by atoms with Crippen molar-refractivity contribution in [2.45, 2.75) is 25.3 Å². The van der Waals surface area contributed by atoms with Crippen molar-refractivity contribution in [3.8, 4) is 6.07 Å². The molecule has 5 nitrogen and oxygen atoms in total. The lowest BCUT2D eigenvalue weighted by molar-refractivity contribution is -0.0221. The molecule has 0 amide bonds. The van der Waals surface area contributed by atoms with Gasteiger partial charge in [0.15, 0.2) is 0 Å². The second kappa shape index (κ2) is 7.29. The minimum absolute atomic E-state index is 0.0574. The minimum atomic E-state index is -2.85. The molecule has 2 N–H and O–H groups in total. The highest BCUT2D eigenvalue weighted by Gasteiger charge is 2.34. The predicted molar refractivity (Wildman–Crippen MR) is 82.0 cm³/mol. The van der Waals surface area contributed by atoms with E-state index in [0.717, 1.165) is 12.3 Å². The van der Waals surface area contributed by atoms with E-state index in [1.807, 2.05) is 6.07 Å². The van der Waals surface area contributed by atoms with Crippen molar-refractivity contribution in [1.82, 2.24) is 4.98 Å². The summed E-state index contributed by atoms with van der Waals surface area (Å²) in [4.78, 5) is 8.63. The van der Waals surface area contributed by atoms with Gasteiger partial charge < -0.3 is 10.6 Å². The Kier molecular flexibility index (Phi) is 5.39. The molecule has 1 aliphatic rings. The molecule has 1 aliphatic heterocycles. The number of anilines is 1. The lowest BCUT2D eigenvalue weighted by atomic mass is 10.0. The van der Waals surface area contributed by atoms with Crippen molar-refractivity contribution in [2.24, 2.45) is 10.7 Å². The number of allylic oxidation sites excluding steroid dienone is 1. The van der Waals surface area contributed by atoms with Crippen LogP contribution in [0.2, 0.25) is 0 Å².